The summed E-state index contributed by atoms with van der Waals surface area (Å²) in [5, 5.41) is 0. The molecule has 0 bridgehead atoms. The minimum absolute atomic E-state index is 0.101. The second-order valence-electron chi connectivity index (χ2n) is 10.3. The van der Waals surface area contributed by atoms with E-state index in [1.807, 2.05) is 27.8 Å². The van der Waals surface area contributed by atoms with Crippen LogP contribution in [0.1, 0.15) is 74.6 Å². The molecule has 0 radical (unpaired) electrons. The van der Waals surface area contributed by atoms with Gasteiger partial charge in [-0.2, -0.15) is 18.0 Å². The smallest absolute Gasteiger partial charge is 0.414 e. The Labute approximate surface area is 206 Å². The molecule has 33 heavy (non-hydrogen) atoms. The van der Waals surface area contributed by atoms with Gasteiger partial charge in [0.05, 0.1) is 19.2 Å². The molecule has 0 saturated heterocycles. The lowest BCUT2D eigenvalue weighted by atomic mass is 9.97. The van der Waals surface area contributed by atoms with Crippen molar-refractivity contribution in [3.8, 4) is 0 Å². The third-order valence-electron chi connectivity index (χ3n) is 6.52. The number of quaternary nitrogens is 1. The lowest BCUT2D eigenvalue weighted by Gasteiger charge is -2.43. The molecule has 0 spiro atoms. The largest absolute Gasteiger partial charge is 0.516 e. The Kier molecular flexibility index (Phi) is 6.35. The number of aryl methyl sites for hydroxylation is 1. The number of carbonyl (C=O) groups excluding carboxylic acids is 1. The maximum atomic E-state index is 13.4. The van der Waals surface area contributed by atoms with Crippen molar-refractivity contribution in [2.24, 2.45) is 0 Å². The summed E-state index contributed by atoms with van der Waals surface area (Å²) in [4.78, 5) is 18.2. The van der Waals surface area contributed by atoms with Crippen LogP contribution in [-0.4, -0.2) is 39.3 Å². The molecule has 1 aliphatic heterocycles. The lowest BCUT2D eigenvalue weighted by Crippen LogP contribution is -2.58. The number of carbonyl (C=O) groups is 1. The van der Waals surface area contributed by atoms with Crippen LogP contribution >= 0.6 is 22.6 Å². The average Bonchev–Trinajstić information content (AvgIpc) is 3.49. The van der Waals surface area contributed by atoms with Gasteiger partial charge < -0.3 is 9.30 Å². The predicted octanol–water partition coefficient (Wildman–Crippen LogP) is 6.45. The Balaban J connectivity index is 1.65. The maximum Gasteiger partial charge on any atom is 0.516 e. The van der Waals surface area contributed by atoms with E-state index in [0.717, 1.165) is 45.8 Å². The van der Waals surface area contributed by atoms with Gasteiger partial charge in [-0.15, -0.1) is 0 Å². The van der Waals surface area contributed by atoms with Crippen molar-refractivity contribution < 1.29 is 27.2 Å². The molecule has 1 fully saturated rings. The third kappa shape index (κ3) is 5.08. The van der Waals surface area contributed by atoms with Crippen molar-refractivity contribution in [3.05, 3.63) is 50.6 Å². The minimum atomic E-state index is -4.35. The molecular weight excluding hydrogens is 546 g/mol. The number of amides is 1. The standard InChI is InChI=1S/C24H30F3IN3O2/c1-23(2,3)33-22(32)31(4)14-13-30-19(20(28)29-21(30)16-8-9-16)18(31)12-7-15-5-10-17(11-6-15)24(25,26)27/h5-6,10-11,16,18H,7-9,12-14H2,1-4H3/q+1. The molecule has 1 aromatic heterocycles. The first-order chi connectivity index (χ1) is 15.3. The maximum absolute atomic E-state index is 13.4. The number of fused-ring (bicyclic) bond motifs is 1. The quantitative estimate of drug-likeness (QED) is 0.311. The summed E-state index contributed by atoms with van der Waals surface area (Å²) in [6.45, 7) is 6.86. The highest BCUT2D eigenvalue weighted by Gasteiger charge is 2.50. The monoisotopic (exact) mass is 576 g/mol. The number of imidazole rings is 1. The molecular formula is C24H30F3IN3O2+. The normalized spacial score (nSPS) is 23.3. The SMILES string of the molecule is CC(C)(C)OC(=O)[N+]1(C)CCn2c(C3CC3)nc(I)c2C1CCc1ccc(C(F)(F)F)cc1. The number of aromatic nitrogens is 2. The number of hydrogen-bond acceptors (Lipinski definition) is 3. The Hall–Kier alpha value is -1.62. The first kappa shape index (κ1) is 24.5. The number of rotatable bonds is 4. The van der Waals surface area contributed by atoms with Crippen LogP contribution in [0.25, 0.3) is 0 Å². The second-order valence-corrected chi connectivity index (χ2v) is 11.3. The summed E-state index contributed by atoms with van der Waals surface area (Å²) in [7, 11) is 1.91. The number of alkyl halides is 3. The lowest BCUT2D eigenvalue weighted by molar-refractivity contribution is -0.876. The highest BCUT2D eigenvalue weighted by molar-refractivity contribution is 14.1. The van der Waals surface area contributed by atoms with Crippen LogP contribution in [0.2, 0.25) is 0 Å². The first-order valence-electron chi connectivity index (χ1n) is 11.3. The van der Waals surface area contributed by atoms with Crippen molar-refractivity contribution in [2.45, 2.75) is 76.7 Å². The van der Waals surface area contributed by atoms with E-state index >= 15 is 0 Å². The highest BCUT2D eigenvalue weighted by atomic mass is 127. The van der Waals surface area contributed by atoms with Crippen molar-refractivity contribution in [2.75, 3.05) is 13.6 Å². The summed E-state index contributed by atoms with van der Waals surface area (Å²) in [6.07, 6.45) is -1.19. The Morgan fingerprint density at radius 1 is 1.21 bits per heavy atom. The third-order valence-corrected chi connectivity index (χ3v) is 7.32. The van der Waals surface area contributed by atoms with Gasteiger partial charge in [0.15, 0.2) is 0 Å². The van der Waals surface area contributed by atoms with Crippen LogP contribution < -0.4 is 0 Å². The van der Waals surface area contributed by atoms with Crippen molar-refractivity contribution >= 4 is 28.7 Å². The van der Waals surface area contributed by atoms with E-state index < -0.39 is 17.3 Å². The number of nitrogens with zero attached hydrogens (tertiary/aromatic N) is 3. The molecule has 1 saturated carbocycles. The molecule has 1 aromatic carbocycles. The molecule has 4 rings (SSSR count). The van der Waals surface area contributed by atoms with Crippen LogP contribution in [0, 0.1) is 3.70 Å². The van der Waals surface area contributed by atoms with Crippen LogP contribution in [0.3, 0.4) is 0 Å². The Morgan fingerprint density at radius 3 is 2.39 bits per heavy atom. The fourth-order valence-electron chi connectivity index (χ4n) is 4.56. The van der Waals surface area contributed by atoms with Gasteiger partial charge in [-0.05, 0) is 80.3 Å². The molecule has 9 heteroatoms. The van der Waals surface area contributed by atoms with Gasteiger partial charge in [0.1, 0.15) is 33.4 Å². The number of halogens is 4. The molecule has 2 atom stereocenters. The molecule has 2 heterocycles. The van der Waals surface area contributed by atoms with Crippen molar-refractivity contribution in [1.29, 1.82) is 0 Å². The van der Waals surface area contributed by atoms with E-state index in [0.29, 0.717) is 31.8 Å². The van der Waals surface area contributed by atoms with E-state index in [4.69, 9.17) is 9.72 Å². The minimum Gasteiger partial charge on any atom is -0.414 e. The van der Waals surface area contributed by atoms with Gasteiger partial charge in [0, 0.05) is 12.3 Å². The number of hydrogen-bond donors (Lipinski definition) is 0. The van der Waals surface area contributed by atoms with Crippen molar-refractivity contribution in [1.82, 2.24) is 9.55 Å². The summed E-state index contributed by atoms with van der Waals surface area (Å²) < 4.78 is 47.9. The molecule has 5 nitrogen and oxygen atoms in total. The molecule has 2 unspecified atom stereocenters. The van der Waals surface area contributed by atoms with E-state index in [1.54, 1.807) is 0 Å². The van der Waals surface area contributed by atoms with Gasteiger partial charge in [-0.3, -0.25) is 0 Å². The molecule has 1 aliphatic carbocycles. The second kappa shape index (κ2) is 8.55. The number of benzene rings is 1. The summed E-state index contributed by atoms with van der Waals surface area (Å²) in [6, 6.07) is 5.11. The van der Waals surface area contributed by atoms with E-state index in [1.165, 1.54) is 12.1 Å². The van der Waals surface area contributed by atoms with Crippen LogP contribution in [0.5, 0.6) is 0 Å². The summed E-state index contributed by atoms with van der Waals surface area (Å²) >= 11 is 2.26. The number of likely N-dealkylation sites (N-methyl/N-ethyl adjacent to an activating group) is 1. The van der Waals surface area contributed by atoms with Crippen LogP contribution in [0.4, 0.5) is 18.0 Å². The van der Waals surface area contributed by atoms with Gasteiger partial charge in [-0.1, -0.05) is 12.1 Å². The van der Waals surface area contributed by atoms with Crippen LogP contribution in [-0.2, 0) is 23.9 Å². The zero-order valence-electron chi connectivity index (χ0n) is 19.4. The molecule has 180 valence electrons. The fraction of sp³-hybridized carbons (Fsp3) is 0.583. The summed E-state index contributed by atoms with van der Waals surface area (Å²) in [5.74, 6) is 1.59. The first-order valence-corrected chi connectivity index (χ1v) is 12.4. The van der Waals surface area contributed by atoms with Gasteiger partial charge in [-0.25, -0.2) is 9.47 Å². The fourth-order valence-corrected chi connectivity index (χ4v) is 5.46. The summed E-state index contributed by atoms with van der Waals surface area (Å²) in [5.41, 5.74) is 0.595. The molecule has 2 aromatic rings. The number of ether oxygens (including phenoxy) is 1. The van der Waals surface area contributed by atoms with E-state index in [9.17, 15) is 18.0 Å². The molecule has 2 aliphatic rings. The topological polar surface area (TPSA) is 44.1 Å². The molecule has 1 amide bonds. The molecule has 0 N–H and O–H groups in total. The Bertz CT molecular complexity index is 1040. The average molecular weight is 576 g/mol. The van der Waals surface area contributed by atoms with E-state index in [2.05, 4.69) is 27.2 Å². The predicted molar refractivity (Wildman–Crippen MR) is 127 cm³/mol. The van der Waals surface area contributed by atoms with Gasteiger partial charge in [0.2, 0.25) is 0 Å². The Morgan fingerprint density at radius 2 is 1.85 bits per heavy atom. The van der Waals surface area contributed by atoms with Gasteiger partial charge >= 0.3 is 12.3 Å². The van der Waals surface area contributed by atoms with Crippen molar-refractivity contribution in [3.63, 3.8) is 0 Å². The van der Waals surface area contributed by atoms with E-state index in [-0.39, 0.29) is 16.6 Å². The van der Waals surface area contributed by atoms with Gasteiger partial charge in [0.25, 0.3) is 0 Å². The van der Waals surface area contributed by atoms with Crippen LogP contribution in [0.15, 0.2) is 24.3 Å². The zero-order chi connectivity index (χ0) is 24.2. The zero-order valence-corrected chi connectivity index (χ0v) is 21.5. The highest BCUT2D eigenvalue weighted by Crippen LogP contribution is 2.45.